The smallest absolute Gasteiger partial charge is 0.223 e. The summed E-state index contributed by atoms with van der Waals surface area (Å²) < 4.78 is 0. The van der Waals surface area contributed by atoms with Crippen molar-refractivity contribution < 1.29 is 4.79 Å². The molecule has 3 fully saturated rings. The number of nitrogens with one attached hydrogen (secondary N) is 2. The molecule has 0 aromatic carbocycles. The summed E-state index contributed by atoms with van der Waals surface area (Å²) in [6.07, 6.45) is 11.3. The molecule has 0 bridgehead atoms. The third-order valence-electron chi connectivity index (χ3n) is 5.31. The van der Waals surface area contributed by atoms with Crippen LogP contribution in [0.3, 0.4) is 0 Å². The van der Waals surface area contributed by atoms with E-state index in [-0.39, 0.29) is 0 Å². The van der Waals surface area contributed by atoms with E-state index in [1.54, 1.807) is 0 Å². The van der Waals surface area contributed by atoms with E-state index in [0.29, 0.717) is 23.3 Å². The van der Waals surface area contributed by atoms with Crippen LogP contribution < -0.4 is 10.6 Å². The topological polar surface area (TPSA) is 41.1 Å². The molecule has 2 aliphatic carbocycles. The molecule has 3 rings (SSSR count). The van der Waals surface area contributed by atoms with Crippen molar-refractivity contribution in [3.05, 3.63) is 0 Å². The summed E-state index contributed by atoms with van der Waals surface area (Å²) in [4.78, 5) is 12.3. The summed E-state index contributed by atoms with van der Waals surface area (Å²) in [5, 5.41) is 6.73. The summed E-state index contributed by atoms with van der Waals surface area (Å²) in [6.45, 7) is 2.21. The average molecular weight is 250 g/mol. The molecule has 0 aromatic heterocycles. The lowest BCUT2D eigenvalue weighted by atomic mass is 9.91. The van der Waals surface area contributed by atoms with Crippen LogP contribution in [0.5, 0.6) is 0 Å². The highest BCUT2D eigenvalue weighted by Gasteiger charge is 2.57. The molecule has 102 valence electrons. The van der Waals surface area contributed by atoms with Gasteiger partial charge in [-0.25, -0.2) is 0 Å². The van der Waals surface area contributed by atoms with Crippen molar-refractivity contribution in [1.29, 1.82) is 0 Å². The molecule has 3 nitrogen and oxygen atoms in total. The molecule has 0 aromatic rings. The SMILES string of the molecule is O=C(NC1CCCCCC1)C1CC12CCNCC2. The van der Waals surface area contributed by atoms with Crippen LogP contribution in [0, 0.1) is 11.3 Å². The van der Waals surface area contributed by atoms with Crippen molar-refractivity contribution in [2.75, 3.05) is 13.1 Å². The molecule has 1 saturated heterocycles. The number of carbonyl (C=O) groups is 1. The number of hydrogen-bond acceptors (Lipinski definition) is 2. The van der Waals surface area contributed by atoms with E-state index in [2.05, 4.69) is 10.6 Å². The molecule has 18 heavy (non-hydrogen) atoms. The van der Waals surface area contributed by atoms with Gasteiger partial charge in [0.15, 0.2) is 0 Å². The lowest BCUT2D eigenvalue weighted by Gasteiger charge is -2.24. The second-order valence-corrected chi connectivity index (χ2v) is 6.57. The Morgan fingerprint density at radius 2 is 1.72 bits per heavy atom. The molecular formula is C15H26N2O. The fraction of sp³-hybridized carbons (Fsp3) is 0.933. The van der Waals surface area contributed by atoms with Gasteiger partial charge in [0.25, 0.3) is 0 Å². The standard InChI is InChI=1S/C15H26N2O/c18-14(17-12-5-3-1-2-4-6-12)13-11-15(13)7-9-16-10-8-15/h12-13,16H,1-11H2,(H,17,18). The van der Waals surface area contributed by atoms with Crippen molar-refractivity contribution in [2.24, 2.45) is 11.3 Å². The van der Waals surface area contributed by atoms with Gasteiger partial charge in [0.05, 0.1) is 0 Å². The van der Waals surface area contributed by atoms with Gasteiger partial charge in [0.1, 0.15) is 0 Å². The second-order valence-electron chi connectivity index (χ2n) is 6.57. The maximum absolute atomic E-state index is 12.3. The highest BCUT2D eigenvalue weighted by Crippen LogP contribution is 2.58. The summed E-state index contributed by atoms with van der Waals surface area (Å²) in [5.74, 6) is 0.701. The maximum Gasteiger partial charge on any atom is 0.223 e. The molecule has 3 heteroatoms. The van der Waals surface area contributed by atoms with E-state index in [0.717, 1.165) is 19.5 Å². The molecule has 2 saturated carbocycles. The highest BCUT2D eigenvalue weighted by molar-refractivity contribution is 5.82. The van der Waals surface area contributed by atoms with Crippen LogP contribution in [-0.4, -0.2) is 25.0 Å². The van der Waals surface area contributed by atoms with Gasteiger partial charge in [-0.15, -0.1) is 0 Å². The minimum atomic E-state index is 0.336. The van der Waals surface area contributed by atoms with E-state index >= 15 is 0 Å². The third-order valence-corrected chi connectivity index (χ3v) is 5.31. The summed E-state index contributed by atoms with van der Waals surface area (Å²) in [7, 11) is 0. The molecule has 1 spiro atoms. The van der Waals surface area contributed by atoms with Gasteiger partial charge in [0, 0.05) is 12.0 Å². The third kappa shape index (κ3) is 2.56. The first kappa shape index (κ1) is 12.5. The van der Waals surface area contributed by atoms with Crippen molar-refractivity contribution >= 4 is 5.91 Å². The van der Waals surface area contributed by atoms with Gasteiger partial charge < -0.3 is 10.6 Å². The average Bonchev–Trinajstić information content (AvgIpc) is 3.12. The molecule has 1 heterocycles. The zero-order valence-electron chi connectivity index (χ0n) is 11.3. The van der Waals surface area contributed by atoms with Crippen LogP contribution in [0.15, 0.2) is 0 Å². The minimum Gasteiger partial charge on any atom is -0.353 e. The number of rotatable bonds is 2. The Bertz CT molecular complexity index is 302. The van der Waals surface area contributed by atoms with Gasteiger partial charge in [-0.3, -0.25) is 4.79 Å². The number of hydrogen-bond donors (Lipinski definition) is 2. The van der Waals surface area contributed by atoms with Crippen LogP contribution >= 0.6 is 0 Å². The summed E-state index contributed by atoms with van der Waals surface area (Å²) in [6, 6.07) is 0.472. The molecule has 3 aliphatic rings. The summed E-state index contributed by atoms with van der Waals surface area (Å²) >= 11 is 0. The summed E-state index contributed by atoms with van der Waals surface area (Å²) in [5.41, 5.74) is 0.389. The first-order valence-electron chi connectivity index (χ1n) is 7.81. The largest absolute Gasteiger partial charge is 0.353 e. The monoisotopic (exact) mass is 250 g/mol. The Morgan fingerprint density at radius 1 is 1.06 bits per heavy atom. The van der Waals surface area contributed by atoms with Crippen LogP contribution in [0.4, 0.5) is 0 Å². The van der Waals surface area contributed by atoms with E-state index < -0.39 is 0 Å². The van der Waals surface area contributed by atoms with E-state index in [1.165, 1.54) is 51.4 Å². The minimum absolute atomic E-state index is 0.336. The Balaban J connectivity index is 1.50. The molecule has 1 atom stereocenters. The quantitative estimate of drug-likeness (QED) is 0.738. The maximum atomic E-state index is 12.3. The zero-order chi connectivity index (χ0) is 12.4. The Labute approximate surface area is 110 Å². The van der Waals surface area contributed by atoms with Crippen molar-refractivity contribution in [2.45, 2.75) is 63.8 Å². The zero-order valence-corrected chi connectivity index (χ0v) is 11.3. The lowest BCUT2D eigenvalue weighted by molar-refractivity contribution is -0.124. The fourth-order valence-electron chi connectivity index (χ4n) is 3.92. The first-order valence-corrected chi connectivity index (χ1v) is 7.81. The second kappa shape index (κ2) is 5.20. The number of carbonyl (C=O) groups excluding carboxylic acids is 1. The normalized spacial score (nSPS) is 31.9. The Hall–Kier alpha value is -0.570. The van der Waals surface area contributed by atoms with Gasteiger partial charge in [0.2, 0.25) is 5.91 Å². The lowest BCUT2D eigenvalue weighted by Crippen LogP contribution is -2.38. The van der Waals surface area contributed by atoms with Gasteiger partial charge in [-0.2, -0.15) is 0 Å². The van der Waals surface area contributed by atoms with Crippen LogP contribution in [-0.2, 0) is 4.79 Å². The molecule has 2 N–H and O–H groups in total. The van der Waals surface area contributed by atoms with Crippen molar-refractivity contribution in [1.82, 2.24) is 10.6 Å². The first-order chi connectivity index (χ1) is 8.80. The number of amides is 1. The van der Waals surface area contributed by atoms with Crippen molar-refractivity contribution in [3.63, 3.8) is 0 Å². The van der Waals surface area contributed by atoms with E-state index in [1.807, 2.05) is 0 Å². The van der Waals surface area contributed by atoms with E-state index in [9.17, 15) is 4.79 Å². The molecule has 1 aliphatic heterocycles. The van der Waals surface area contributed by atoms with E-state index in [4.69, 9.17) is 0 Å². The van der Waals surface area contributed by atoms with Gasteiger partial charge in [-0.05, 0) is 50.6 Å². The van der Waals surface area contributed by atoms with Gasteiger partial charge >= 0.3 is 0 Å². The van der Waals surface area contributed by atoms with Crippen LogP contribution in [0.1, 0.15) is 57.8 Å². The predicted octanol–water partition coefficient (Wildman–Crippen LogP) is 2.22. The van der Waals surface area contributed by atoms with Crippen LogP contribution in [0.25, 0.3) is 0 Å². The van der Waals surface area contributed by atoms with Gasteiger partial charge in [-0.1, -0.05) is 25.7 Å². The Kier molecular flexibility index (Phi) is 3.60. The molecule has 1 unspecified atom stereocenters. The van der Waals surface area contributed by atoms with Crippen molar-refractivity contribution in [3.8, 4) is 0 Å². The molecular weight excluding hydrogens is 224 g/mol. The molecule has 1 amide bonds. The fourth-order valence-corrected chi connectivity index (χ4v) is 3.92. The highest BCUT2D eigenvalue weighted by atomic mass is 16.2. The molecule has 0 radical (unpaired) electrons. The predicted molar refractivity (Wildman–Crippen MR) is 72.3 cm³/mol. The Morgan fingerprint density at radius 3 is 2.39 bits per heavy atom. The van der Waals surface area contributed by atoms with Crippen LogP contribution in [0.2, 0.25) is 0 Å². The number of piperidine rings is 1.